The Morgan fingerprint density at radius 1 is 1.29 bits per heavy atom. The van der Waals surface area contributed by atoms with Crippen molar-refractivity contribution in [3.8, 4) is 0 Å². The van der Waals surface area contributed by atoms with Crippen molar-refractivity contribution in [2.75, 3.05) is 0 Å². The average Bonchev–Trinajstić information content (AvgIpc) is 2.47. The van der Waals surface area contributed by atoms with E-state index in [2.05, 4.69) is 6.92 Å². The molecule has 0 fully saturated rings. The molecule has 0 saturated carbocycles. The van der Waals surface area contributed by atoms with Gasteiger partial charge in [0, 0.05) is 6.04 Å². The zero-order valence-corrected chi connectivity index (χ0v) is 12.2. The van der Waals surface area contributed by atoms with Crippen molar-refractivity contribution in [2.45, 2.75) is 52.2 Å². The number of ether oxygens (including phenoxy) is 1. The van der Waals surface area contributed by atoms with Gasteiger partial charge in [-0.2, -0.15) is 0 Å². The first-order valence-electron chi connectivity index (χ1n) is 7.13. The van der Waals surface area contributed by atoms with Gasteiger partial charge in [-0.25, -0.2) is 9.69 Å². The number of hydrogen-bond acceptors (Lipinski definition) is 3. The Kier molecular flexibility index (Phi) is 11.3. The number of imide groups is 1. The predicted molar refractivity (Wildman–Crippen MR) is 85.3 cm³/mol. The molecular weight excluding hydrogens is 277 g/mol. The van der Waals surface area contributed by atoms with E-state index in [1.807, 2.05) is 37.3 Å². The maximum atomic E-state index is 11.9. The van der Waals surface area contributed by atoms with Gasteiger partial charge in [0.05, 0.1) is 0 Å². The molecule has 5 heteroatoms. The quantitative estimate of drug-likeness (QED) is 0.421. The maximum absolute atomic E-state index is 11.9. The normalized spacial score (nSPS) is 11.1. The summed E-state index contributed by atoms with van der Waals surface area (Å²) in [5, 5.41) is 0. The van der Waals surface area contributed by atoms with Crippen molar-refractivity contribution in [3.05, 3.63) is 35.9 Å². The van der Waals surface area contributed by atoms with Crippen molar-refractivity contribution in [2.24, 2.45) is 0 Å². The fraction of sp³-hybridized carbons (Fsp3) is 0.500. The summed E-state index contributed by atoms with van der Waals surface area (Å²) in [6, 6.07) is 9.30. The van der Waals surface area contributed by atoms with Gasteiger partial charge in [-0.15, -0.1) is 0 Å². The molecule has 0 heterocycles. The third-order valence-corrected chi connectivity index (χ3v) is 3.23. The van der Waals surface area contributed by atoms with Gasteiger partial charge in [0.1, 0.15) is 6.61 Å². The summed E-state index contributed by atoms with van der Waals surface area (Å²) in [7, 11) is 0. The molecule has 0 aliphatic heterocycles. The number of carbonyl (C=O) groups is 2. The van der Waals surface area contributed by atoms with Crippen LogP contribution in [0.4, 0.5) is 4.79 Å². The average molecular weight is 301 g/mol. The molecule has 0 saturated heterocycles. The second-order valence-electron chi connectivity index (χ2n) is 4.90. The predicted octanol–water partition coefficient (Wildman–Crippen LogP) is 3.10. The van der Waals surface area contributed by atoms with Crippen LogP contribution in [0.5, 0.6) is 0 Å². The molecule has 21 heavy (non-hydrogen) atoms. The van der Waals surface area contributed by atoms with E-state index >= 15 is 0 Å². The number of rotatable bonds is 8. The summed E-state index contributed by atoms with van der Waals surface area (Å²) < 4.78 is 5.16. The fourth-order valence-electron chi connectivity index (χ4n) is 1.95. The molecule has 0 aliphatic rings. The first kappa shape index (κ1) is 20.2. The third-order valence-electron chi connectivity index (χ3n) is 3.23. The van der Waals surface area contributed by atoms with Crippen molar-refractivity contribution in [3.63, 3.8) is 0 Å². The molecule has 1 aromatic carbocycles. The Morgan fingerprint density at radius 3 is 2.52 bits per heavy atom. The molecular formula is C16H24NNaO3. The summed E-state index contributed by atoms with van der Waals surface area (Å²) in [5.41, 5.74) is 0.908. The molecule has 0 bridgehead atoms. The van der Waals surface area contributed by atoms with E-state index < -0.39 is 6.09 Å². The van der Waals surface area contributed by atoms with Crippen LogP contribution in [0.3, 0.4) is 0 Å². The molecule has 0 radical (unpaired) electrons. The standard InChI is InChI=1S/C16H23NO3.Na.H/c1-3-4-6-9-14(2)17(13-18)16(19)20-12-15-10-7-5-8-11-15;;/h5,7-8,10-11,13-14H,3-4,6,9,12H2,1-2H3;;. The third kappa shape index (κ3) is 7.65. The van der Waals surface area contributed by atoms with Crippen LogP contribution >= 0.6 is 0 Å². The van der Waals surface area contributed by atoms with Gasteiger partial charge in [0.25, 0.3) is 0 Å². The number of hydrogen-bond donors (Lipinski definition) is 0. The van der Waals surface area contributed by atoms with Crippen LogP contribution in [-0.2, 0) is 16.1 Å². The van der Waals surface area contributed by atoms with Crippen LogP contribution in [0.15, 0.2) is 30.3 Å². The second kappa shape index (κ2) is 11.8. The molecule has 0 N–H and O–H groups in total. The molecule has 2 amide bonds. The van der Waals surface area contributed by atoms with Gasteiger partial charge in [0.2, 0.25) is 6.41 Å². The molecule has 112 valence electrons. The van der Waals surface area contributed by atoms with E-state index in [-0.39, 0.29) is 42.2 Å². The minimum atomic E-state index is -0.576. The summed E-state index contributed by atoms with van der Waals surface area (Å²) in [5.74, 6) is 0. The van der Waals surface area contributed by atoms with E-state index in [9.17, 15) is 9.59 Å². The summed E-state index contributed by atoms with van der Waals surface area (Å²) >= 11 is 0. The van der Waals surface area contributed by atoms with E-state index in [4.69, 9.17) is 4.74 Å². The van der Waals surface area contributed by atoms with Crippen molar-refractivity contribution < 1.29 is 14.3 Å². The number of unbranched alkanes of at least 4 members (excludes halogenated alkanes) is 2. The topological polar surface area (TPSA) is 46.6 Å². The van der Waals surface area contributed by atoms with E-state index in [0.717, 1.165) is 36.1 Å². The van der Waals surface area contributed by atoms with E-state index in [0.29, 0.717) is 6.41 Å². The minimum absolute atomic E-state index is 0. The summed E-state index contributed by atoms with van der Waals surface area (Å²) in [4.78, 5) is 24.1. The monoisotopic (exact) mass is 301 g/mol. The number of amides is 2. The Hall–Kier alpha value is -0.840. The zero-order valence-electron chi connectivity index (χ0n) is 12.2. The van der Waals surface area contributed by atoms with Crippen LogP contribution < -0.4 is 0 Å². The molecule has 4 nitrogen and oxygen atoms in total. The van der Waals surface area contributed by atoms with Gasteiger partial charge in [0.15, 0.2) is 0 Å². The Morgan fingerprint density at radius 2 is 1.95 bits per heavy atom. The van der Waals surface area contributed by atoms with Crippen molar-refractivity contribution in [1.29, 1.82) is 0 Å². The molecule has 1 aromatic rings. The zero-order chi connectivity index (χ0) is 14.8. The Balaban J connectivity index is 0.00000400. The number of nitrogens with zero attached hydrogens (tertiary/aromatic N) is 1. The molecule has 0 aliphatic carbocycles. The Bertz CT molecular complexity index is 411. The molecule has 0 aromatic heterocycles. The first-order valence-corrected chi connectivity index (χ1v) is 7.13. The van der Waals surface area contributed by atoms with E-state index in [1.165, 1.54) is 0 Å². The molecule has 1 unspecified atom stereocenters. The molecule has 1 atom stereocenters. The summed E-state index contributed by atoms with van der Waals surface area (Å²) in [6.45, 7) is 4.18. The van der Waals surface area contributed by atoms with Gasteiger partial charge in [-0.05, 0) is 18.9 Å². The number of carbonyl (C=O) groups excluding carboxylic acids is 2. The first-order chi connectivity index (χ1) is 9.69. The van der Waals surface area contributed by atoms with Crippen LogP contribution in [0, 0.1) is 0 Å². The van der Waals surface area contributed by atoms with Crippen LogP contribution in [-0.4, -0.2) is 53.0 Å². The van der Waals surface area contributed by atoms with Gasteiger partial charge >= 0.3 is 35.7 Å². The van der Waals surface area contributed by atoms with Gasteiger partial charge < -0.3 is 4.74 Å². The molecule has 1 rings (SSSR count). The van der Waals surface area contributed by atoms with Crippen LogP contribution in [0.2, 0.25) is 0 Å². The molecule has 0 spiro atoms. The number of benzene rings is 1. The van der Waals surface area contributed by atoms with Gasteiger partial charge in [-0.3, -0.25) is 4.79 Å². The van der Waals surface area contributed by atoms with Crippen molar-refractivity contribution in [1.82, 2.24) is 4.90 Å². The van der Waals surface area contributed by atoms with Crippen LogP contribution in [0.25, 0.3) is 0 Å². The SMILES string of the molecule is CCCCCC(C)N(C=O)C(=O)OCc1ccccc1.[NaH]. The van der Waals surface area contributed by atoms with Crippen molar-refractivity contribution >= 4 is 42.1 Å². The van der Waals surface area contributed by atoms with Crippen LogP contribution in [0.1, 0.15) is 45.1 Å². The Labute approximate surface area is 149 Å². The fourth-order valence-corrected chi connectivity index (χ4v) is 1.95. The summed E-state index contributed by atoms with van der Waals surface area (Å²) in [6.07, 6.45) is 4.03. The van der Waals surface area contributed by atoms with Gasteiger partial charge in [-0.1, -0.05) is 56.5 Å². The van der Waals surface area contributed by atoms with E-state index in [1.54, 1.807) is 0 Å². The second-order valence-corrected chi connectivity index (χ2v) is 4.90.